The molecule has 1 aromatic carbocycles. The molecule has 0 fully saturated rings. The molecule has 1 heteroatoms. The van der Waals surface area contributed by atoms with Crippen molar-refractivity contribution in [2.45, 2.75) is 58.5 Å². The summed E-state index contributed by atoms with van der Waals surface area (Å²) in [5.41, 5.74) is 0.929. The maximum absolute atomic E-state index is 9.36. The average Bonchev–Trinajstić information content (AvgIpc) is 2.45. The van der Waals surface area contributed by atoms with Crippen LogP contribution in [0.5, 0.6) is 0 Å². The molecule has 0 aliphatic carbocycles. The molecule has 1 rings (SSSR count). The zero-order chi connectivity index (χ0) is 15.1. The molecule has 0 bridgehead atoms. The number of aliphatic hydroxyl groups excluding tert-OH is 1. The zero-order valence-electron chi connectivity index (χ0n) is 14.1. The van der Waals surface area contributed by atoms with Gasteiger partial charge in [-0.05, 0) is 24.0 Å². The summed E-state index contributed by atoms with van der Waals surface area (Å²) in [6.45, 7) is 1.84. The van der Waals surface area contributed by atoms with Crippen LogP contribution in [0.1, 0.15) is 62.1 Å². The summed E-state index contributed by atoms with van der Waals surface area (Å²) in [6, 6.07) is -0.558. The minimum atomic E-state index is -0.331. The van der Waals surface area contributed by atoms with Gasteiger partial charge in [0.1, 0.15) is 0 Å². The van der Waals surface area contributed by atoms with E-state index in [0.29, 0.717) is 17.5 Å². The Labute approximate surface area is 105 Å². The summed E-state index contributed by atoms with van der Waals surface area (Å²) in [5.74, 6) is 0. The lowest BCUT2D eigenvalue weighted by atomic mass is 10.0. The van der Waals surface area contributed by atoms with E-state index < -0.39 is 0 Å². The predicted octanol–water partition coefficient (Wildman–Crippen LogP) is 4.08. The van der Waals surface area contributed by atoms with Crippen LogP contribution in [0.3, 0.4) is 0 Å². The summed E-state index contributed by atoms with van der Waals surface area (Å²) in [7, 11) is 0. The number of benzene rings is 1. The Hall–Kier alpha value is -0.820. The number of aliphatic hydroxyl groups is 1. The molecule has 0 saturated carbocycles. The van der Waals surface area contributed by atoms with Gasteiger partial charge in [-0.15, -0.1) is 0 Å². The van der Waals surface area contributed by atoms with Crippen LogP contribution in [0.2, 0.25) is 0 Å². The second-order valence-electron chi connectivity index (χ2n) is 4.13. The van der Waals surface area contributed by atoms with Crippen molar-refractivity contribution in [2.24, 2.45) is 0 Å². The van der Waals surface area contributed by atoms with Crippen LogP contribution in [0.15, 0.2) is 24.2 Å². The van der Waals surface area contributed by atoms with Gasteiger partial charge in [0.2, 0.25) is 0 Å². The Kier molecular flexibility index (Phi) is 4.33. The zero-order valence-corrected chi connectivity index (χ0v) is 10.1. The first kappa shape index (κ1) is 8.30. The Morgan fingerprint density at radius 3 is 2.31 bits per heavy atom. The molecular weight excluding hydrogens is 196 g/mol. The summed E-state index contributed by atoms with van der Waals surface area (Å²) < 4.78 is 31.0. The highest BCUT2D eigenvalue weighted by Gasteiger charge is 1.99. The highest BCUT2D eigenvalue weighted by molar-refractivity contribution is 5.26. The molecule has 0 radical (unpaired) electrons. The molecule has 0 spiro atoms. The van der Waals surface area contributed by atoms with Crippen molar-refractivity contribution < 1.29 is 10.6 Å². The van der Waals surface area contributed by atoms with Gasteiger partial charge in [0.15, 0.2) is 0 Å². The van der Waals surface area contributed by atoms with Crippen LogP contribution in [-0.4, -0.2) is 5.11 Å². The lowest BCUT2D eigenvalue weighted by Crippen LogP contribution is -1.94. The third kappa shape index (κ3) is 4.80. The van der Waals surface area contributed by atoms with E-state index in [-0.39, 0.29) is 30.8 Å². The van der Waals surface area contributed by atoms with Crippen molar-refractivity contribution in [1.82, 2.24) is 0 Å². The number of hydrogen-bond donors (Lipinski definition) is 1. The highest BCUT2D eigenvalue weighted by Crippen LogP contribution is 2.13. The minimum absolute atomic E-state index is 0.00334. The van der Waals surface area contributed by atoms with Gasteiger partial charge in [-0.3, -0.25) is 0 Å². The second-order valence-corrected chi connectivity index (χ2v) is 4.13. The summed E-state index contributed by atoms with van der Waals surface area (Å²) in [5, 5.41) is 9.36. The molecule has 0 aromatic heterocycles. The van der Waals surface area contributed by atoms with E-state index in [0.717, 1.165) is 19.3 Å². The van der Waals surface area contributed by atoms with E-state index in [9.17, 15) is 5.11 Å². The fourth-order valence-electron chi connectivity index (χ4n) is 1.79. The summed E-state index contributed by atoms with van der Waals surface area (Å²) >= 11 is 0. The third-order valence-corrected chi connectivity index (χ3v) is 2.79. The first-order valence-corrected chi connectivity index (χ1v) is 6.23. The van der Waals surface area contributed by atoms with E-state index in [4.69, 9.17) is 5.48 Å². The van der Waals surface area contributed by atoms with Gasteiger partial charge in [0, 0.05) is 0 Å². The van der Waals surface area contributed by atoms with E-state index in [1.807, 2.05) is 0 Å². The van der Waals surface area contributed by atoms with Crippen LogP contribution in [0.4, 0.5) is 0 Å². The summed E-state index contributed by atoms with van der Waals surface area (Å²) in [4.78, 5) is 0. The molecule has 1 aromatic rings. The highest BCUT2D eigenvalue weighted by atomic mass is 16.3. The van der Waals surface area contributed by atoms with Gasteiger partial charge in [-0.25, -0.2) is 0 Å². The molecule has 0 saturated heterocycles. The molecule has 1 N–H and O–H groups in total. The van der Waals surface area contributed by atoms with Crippen molar-refractivity contribution >= 4 is 0 Å². The summed E-state index contributed by atoms with van der Waals surface area (Å²) in [6.07, 6.45) is 7.41. The van der Waals surface area contributed by atoms with E-state index >= 15 is 0 Å². The molecule has 0 unspecified atom stereocenters. The van der Waals surface area contributed by atoms with Crippen LogP contribution in [0.25, 0.3) is 0 Å². The largest absolute Gasteiger partial charge is 0.392 e. The average molecular weight is 224 g/mol. The van der Waals surface area contributed by atoms with Gasteiger partial charge in [-0.1, -0.05) is 63.2 Å². The third-order valence-electron chi connectivity index (χ3n) is 2.79. The van der Waals surface area contributed by atoms with Crippen LogP contribution >= 0.6 is 0 Å². The Morgan fingerprint density at radius 1 is 1.00 bits per heavy atom. The first-order chi connectivity index (χ1) is 9.54. The lowest BCUT2D eigenvalue weighted by Gasteiger charge is -2.06. The number of unbranched alkanes of at least 4 members (excludes halogenated alkanes) is 5. The Morgan fingerprint density at radius 2 is 1.62 bits per heavy atom. The smallest absolute Gasteiger partial charge is 0.0684 e. The van der Waals surface area contributed by atoms with E-state index in [1.165, 1.54) is 19.3 Å². The number of hydrogen-bond acceptors (Lipinski definition) is 1. The fraction of sp³-hybridized carbons (Fsp3) is 0.600. The second kappa shape index (κ2) is 8.35. The van der Waals surface area contributed by atoms with Gasteiger partial charge < -0.3 is 5.11 Å². The SMILES string of the molecule is [2H]c1c([2H])c([2H])c(CCCCCCCC)c(CO)c1[2H]. The maximum Gasteiger partial charge on any atom is 0.0684 e. The van der Waals surface area contributed by atoms with Crippen LogP contribution in [-0.2, 0) is 13.0 Å². The van der Waals surface area contributed by atoms with Crippen molar-refractivity contribution in [3.05, 3.63) is 35.3 Å². The van der Waals surface area contributed by atoms with Gasteiger partial charge >= 0.3 is 0 Å². The van der Waals surface area contributed by atoms with E-state index in [2.05, 4.69) is 6.92 Å². The molecule has 1 nitrogen and oxygen atoms in total. The molecule has 16 heavy (non-hydrogen) atoms. The molecule has 0 amide bonds. The molecule has 0 heterocycles. The molecule has 0 atom stereocenters. The Bertz CT molecular complexity index is 446. The molecule has 0 aliphatic heterocycles. The standard InChI is InChI=1S/C15H24O/c1-2-3-4-5-6-7-10-14-11-8-9-12-15(14)13-16/h8-9,11-12,16H,2-7,10,13H2,1H3/i8D,9D,11D,12D. The van der Waals surface area contributed by atoms with Crippen molar-refractivity contribution in [2.75, 3.05) is 0 Å². The fourth-order valence-corrected chi connectivity index (χ4v) is 1.79. The molecular formula is C15H24O. The predicted molar refractivity (Wildman–Crippen MR) is 69.4 cm³/mol. The number of rotatable bonds is 8. The minimum Gasteiger partial charge on any atom is -0.392 e. The monoisotopic (exact) mass is 224 g/mol. The van der Waals surface area contributed by atoms with Gasteiger partial charge in [-0.2, -0.15) is 0 Å². The first-order valence-electron chi connectivity index (χ1n) is 8.23. The van der Waals surface area contributed by atoms with Crippen molar-refractivity contribution in [1.29, 1.82) is 0 Å². The van der Waals surface area contributed by atoms with E-state index in [1.54, 1.807) is 0 Å². The lowest BCUT2D eigenvalue weighted by molar-refractivity contribution is 0.280. The maximum atomic E-state index is 9.36. The normalized spacial score (nSPS) is 14.1. The van der Waals surface area contributed by atoms with Gasteiger partial charge in [0.25, 0.3) is 0 Å². The molecule has 0 aliphatic rings. The Balaban J connectivity index is 2.74. The van der Waals surface area contributed by atoms with Crippen molar-refractivity contribution in [3.8, 4) is 0 Å². The topological polar surface area (TPSA) is 20.2 Å². The van der Waals surface area contributed by atoms with Gasteiger partial charge in [0.05, 0.1) is 12.1 Å². The van der Waals surface area contributed by atoms with Crippen molar-refractivity contribution in [3.63, 3.8) is 0 Å². The molecule has 90 valence electrons. The van der Waals surface area contributed by atoms with Crippen LogP contribution in [0, 0.1) is 0 Å². The van der Waals surface area contributed by atoms with Crippen LogP contribution < -0.4 is 0 Å². The quantitative estimate of drug-likeness (QED) is 0.660.